The van der Waals surface area contributed by atoms with Crippen molar-refractivity contribution in [1.29, 1.82) is 0 Å². The fourth-order valence-electron chi connectivity index (χ4n) is 3.86. The van der Waals surface area contributed by atoms with Crippen molar-refractivity contribution in [2.45, 2.75) is 31.9 Å². The van der Waals surface area contributed by atoms with E-state index in [4.69, 9.17) is 4.74 Å². The van der Waals surface area contributed by atoms with Gasteiger partial charge in [-0.1, -0.05) is 30.3 Å². The highest BCUT2D eigenvalue weighted by molar-refractivity contribution is 5.81. The van der Waals surface area contributed by atoms with Crippen molar-refractivity contribution in [1.82, 2.24) is 14.5 Å². The Hall–Kier alpha value is -3.35. The number of piperidine rings is 1. The van der Waals surface area contributed by atoms with E-state index >= 15 is 0 Å². The number of likely N-dealkylation sites (tertiary alicyclic amines) is 1. The highest BCUT2D eigenvalue weighted by Crippen LogP contribution is 2.22. The lowest BCUT2D eigenvalue weighted by Crippen LogP contribution is -2.48. The summed E-state index contributed by atoms with van der Waals surface area (Å²) in [5, 5.41) is 0.496. The molecule has 1 aromatic heterocycles. The minimum Gasteiger partial charge on any atom is -0.481 e. The molecule has 2 heterocycles. The van der Waals surface area contributed by atoms with E-state index < -0.39 is 11.8 Å². The molecule has 7 nitrogen and oxygen atoms in total. The molecule has 4 rings (SSSR count). The largest absolute Gasteiger partial charge is 0.481 e. The Labute approximate surface area is 167 Å². The fraction of sp³-hybridized carbons (Fsp3) is 0.318. The number of amides is 1. The molecule has 29 heavy (non-hydrogen) atoms. The zero-order valence-corrected chi connectivity index (χ0v) is 16.2. The zero-order valence-electron chi connectivity index (χ0n) is 16.2. The Bertz CT molecular complexity index is 1130. The summed E-state index contributed by atoms with van der Waals surface area (Å²) >= 11 is 0. The third-order valence-corrected chi connectivity index (χ3v) is 5.38. The van der Waals surface area contributed by atoms with E-state index in [9.17, 15) is 14.4 Å². The summed E-state index contributed by atoms with van der Waals surface area (Å²) in [4.78, 5) is 42.5. The number of rotatable bonds is 4. The van der Waals surface area contributed by atoms with Gasteiger partial charge in [0.25, 0.3) is 11.5 Å². The normalized spacial score (nSPS) is 16.0. The second-order valence-electron chi connectivity index (χ2n) is 7.28. The first-order chi connectivity index (χ1) is 14.0. The van der Waals surface area contributed by atoms with Crippen molar-refractivity contribution in [2.75, 3.05) is 13.1 Å². The second-order valence-corrected chi connectivity index (χ2v) is 7.28. The first-order valence-corrected chi connectivity index (χ1v) is 9.78. The smallest absolute Gasteiger partial charge is 0.329 e. The number of hydrogen-bond acceptors (Lipinski definition) is 4. The minimum atomic E-state index is -0.597. The average Bonchev–Trinajstić information content (AvgIpc) is 2.74. The highest BCUT2D eigenvalue weighted by atomic mass is 16.5. The number of nitrogens with zero attached hydrogens (tertiary/aromatic N) is 2. The van der Waals surface area contributed by atoms with Crippen molar-refractivity contribution < 1.29 is 9.53 Å². The van der Waals surface area contributed by atoms with E-state index in [1.165, 1.54) is 4.57 Å². The van der Waals surface area contributed by atoms with Gasteiger partial charge in [0.2, 0.25) is 0 Å². The molecule has 0 aliphatic carbocycles. The van der Waals surface area contributed by atoms with E-state index in [2.05, 4.69) is 4.98 Å². The third kappa shape index (κ3) is 3.81. The molecule has 0 radical (unpaired) electrons. The lowest BCUT2D eigenvalue weighted by atomic mass is 10.0. The number of hydrogen-bond donors (Lipinski definition) is 1. The maximum Gasteiger partial charge on any atom is 0.329 e. The summed E-state index contributed by atoms with van der Waals surface area (Å²) < 4.78 is 7.03. The number of H-pyrrole nitrogens is 1. The molecule has 0 spiro atoms. The number of benzene rings is 2. The predicted octanol–water partition coefficient (Wildman–Crippen LogP) is 2.32. The quantitative estimate of drug-likeness (QED) is 0.737. The molecule has 7 heteroatoms. The van der Waals surface area contributed by atoms with E-state index in [0.29, 0.717) is 42.6 Å². The maximum atomic E-state index is 12.8. The van der Waals surface area contributed by atoms with E-state index in [1.807, 2.05) is 30.3 Å². The van der Waals surface area contributed by atoms with Crippen LogP contribution in [0.15, 0.2) is 64.2 Å². The topological polar surface area (TPSA) is 84.4 Å². The summed E-state index contributed by atoms with van der Waals surface area (Å²) in [5.41, 5.74) is -0.146. The van der Waals surface area contributed by atoms with Gasteiger partial charge in [-0.2, -0.15) is 0 Å². The number of nitrogens with one attached hydrogen (secondary N) is 1. The highest BCUT2D eigenvalue weighted by Gasteiger charge is 2.29. The zero-order chi connectivity index (χ0) is 20.4. The van der Waals surface area contributed by atoms with Gasteiger partial charge in [-0.05, 0) is 44.0 Å². The van der Waals surface area contributed by atoms with Crippen LogP contribution in [0.2, 0.25) is 0 Å². The summed E-state index contributed by atoms with van der Waals surface area (Å²) in [6.45, 7) is 2.69. The SMILES string of the molecule is CC(Oc1ccccc1)C(=O)N1CCC(n2c(=O)[nH]c3ccccc3c2=O)CC1. The molecule has 1 aliphatic rings. The summed E-state index contributed by atoms with van der Waals surface area (Å²) in [6, 6.07) is 16.0. The Morgan fingerprint density at radius 1 is 1.03 bits per heavy atom. The van der Waals surface area contributed by atoms with Crippen molar-refractivity contribution in [3.8, 4) is 5.75 Å². The van der Waals surface area contributed by atoms with Crippen molar-refractivity contribution in [3.63, 3.8) is 0 Å². The first-order valence-electron chi connectivity index (χ1n) is 9.78. The van der Waals surface area contributed by atoms with Crippen LogP contribution >= 0.6 is 0 Å². The molecule has 1 unspecified atom stereocenters. The van der Waals surface area contributed by atoms with Crippen LogP contribution in [-0.2, 0) is 4.79 Å². The van der Waals surface area contributed by atoms with Gasteiger partial charge >= 0.3 is 5.69 Å². The molecule has 1 saturated heterocycles. The van der Waals surface area contributed by atoms with Crippen LogP contribution in [-0.4, -0.2) is 39.6 Å². The van der Waals surface area contributed by atoms with Crippen LogP contribution in [0.25, 0.3) is 10.9 Å². The maximum absolute atomic E-state index is 12.8. The van der Waals surface area contributed by atoms with Crippen molar-refractivity contribution >= 4 is 16.8 Å². The Morgan fingerprint density at radius 3 is 2.41 bits per heavy atom. The molecule has 1 fully saturated rings. The van der Waals surface area contributed by atoms with Crippen LogP contribution in [0, 0.1) is 0 Å². The average molecular weight is 393 g/mol. The molecule has 150 valence electrons. The lowest BCUT2D eigenvalue weighted by molar-refractivity contribution is -0.139. The standard InChI is InChI=1S/C22H23N3O4/c1-15(29-17-7-3-2-4-8-17)20(26)24-13-11-16(12-14-24)25-21(27)18-9-5-6-10-19(18)23-22(25)28/h2-10,15-16H,11-14H2,1H3,(H,23,28). The molecular formula is C22H23N3O4. The number of fused-ring (bicyclic) bond motifs is 1. The molecule has 2 aromatic carbocycles. The second kappa shape index (κ2) is 7.95. The molecule has 1 atom stereocenters. The summed E-state index contributed by atoms with van der Waals surface area (Å²) in [7, 11) is 0. The summed E-state index contributed by atoms with van der Waals surface area (Å²) in [5.74, 6) is 0.560. The molecule has 0 bridgehead atoms. The molecule has 1 amide bonds. The minimum absolute atomic E-state index is 0.0907. The van der Waals surface area contributed by atoms with E-state index in [0.717, 1.165) is 0 Å². The number of aromatic nitrogens is 2. The number of ether oxygens (including phenoxy) is 1. The molecular weight excluding hydrogens is 370 g/mol. The van der Waals surface area contributed by atoms with Gasteiger partial charge in [0.15, 0.2) is 6.10 Å². The molecule has 3 aromatic rings. The van der Waals surface area contributed by atoms with Gasteiger partial charge < -0.3 is 14.6 Å². The first kappa shape index (κ1) is 19.0. The van der Waals surface area contributed by atoms with Gasteiger partial charge in [0.1, 0.15) is 5.75 Å². The predicted molar refractivity (Wildman–Crippen MR) is 110 cm³/mol. The van der Waals surface area contributed by atoms with E-state index in [1.54, 1.807) is 36.1 Å². The fourth-order valence-corrected chi connectivity index (χ4v) is 3.86. The summed E-state index contributed by atoms with van der Waals surface area (Å²) in [6.07, 6.45) is 0.497. The van der Waals surface area contributed by atoms with Gasteiger partial charge in [-0.3, -0.25) is 14.2 Å². The molecule has 1 N–H and O–H groups in total. The van der Waals surface area contributed by atoms with Gasteiger partial charge in [-0.15, -0.1) is 0 Å². The van der Waals surface area contributed by atoms with Gasteiger partial charge in [-0.25, -0.2) is 4.79 Å². The number of carbonyl (C=O) groups excluding carboxylic acids is 1. The molecule has 1 aliphatic heterocycles. The van der Waals surface area contributed by atoms with Crippen molar-refractivity contribution in [2.24, 2.45) is 0 Å². The van der Waals surface area contributed by atoms with Gasteiger partial charge in [0, 0.05) is 19.1 Å². The Balaban J connectivity index is 1.46. The van der Waals surface area contributed by atoms with Crippen molar-refractivity contribution in [3.05, 3.63) is 75.4 Å². The number of aromatic amines is 1. The van der Waals surface area contributed by atoms with Crippen LogP contribution in [0.1, 0.15) is 25.8 Å². The van der Waals surface area contributed by atoms with Gasteiger partial charge in [0.05, 0.1) is 10.9 Å². The monoisotopic (exact) mass is 393 g/mol. The third-order valence-electron chi connectivity index (χ3n) is 5.38. The number of carbonyl (C=O) groups is 1. The van der Waals surface area contributed by atoms with Crippen LogP contribution < -0.4 is 16.0 Å². The Kier molecular flexibility index (Phi) is 5.20. The lowest BCUT2D eigenvalue weighted by Gasteiger charge is -2.33. The number of para-hydroxylation sites is 2. The van der Waals surface area contributed by atoms with E-state index in [-0.39, 0.29) is 17.5 Å². The molecule has 0 saturated carbocycles. The van der Waals surface area contributed by atoms with Crippen LogP contribution in [0.3, 0.4) is 0 Å². The van der Waals surface area contributed by atoms with Crippen LogP contribution in [0.4, 0.5) is 0 Å². The Morgan fingerprint density at radius 2 is 1.69 bits per heavy atom. The van der Waals surface area contributed by atoms with Crippen LogP contribution in [0.5, 0.6) is 5.75 Å².